The highest BCUT2D eigenvalue weighted by Gasteiger charge is 2.31. The molecule has 0 heterocycles. The van der Waals surface area contributed by atoms with Crippen LogP contribution in [0.2, 0.25) is 0 Å². The second-order valence-electron chi connectivity index (χ2n) is 11.5. The average molecular weight is 489 g/mol. The van der Waals surface area contributed by atoms with Gasteiger partial charge in [0, 0.05) is 0 Å². The molecule has 0 fully saturated rings. The number of aryl methyl sites for hydroxylation is 6. The smallest absolute Gasteiger partial charge is 0.000741 e. The van der Waals surface area contributed by atoms with E-state index in [1.807, 2.05) is 0 Å². The maximum atomic E-state index is 2.41. The molecule has 7 rings (SSSR count). The van der Waals surface area contributed by atoms with Gasteiger partial charge in [-0.15, -0.1) is 0 Å². The third kappa shape index (κ3) is 3.30. The summed E-state index contributed by atoms with van der Waals surface area (Å²) in [6.07, 6.45) is 0. The Balaban J connectivity index is 1.78. The molecule has 0 N–H and O–H groups in total. The van der Waals surface area contributed by atoms with Crippen LogP contribution in [0.5, 0.6) is 0 Å². The molecule has 0 radical (unpaired) electrons. The fraction of sp³-hybridized carbons (Fsp3) is 0.158. The van der Waals surface area contributed by atoms with E-state index in [1.54, 1.807) is 0 Å². The second kappa shape index (κ2) is 8.17. The fourth-order valence-corrected chi connectivity index (χ4v) is 6.95. The summed E-state index contributed by atoms with van der Waals surface area (Å²) in [5, 5.41) is 5.42. The van der Waals surface area contributed by atoms with Crippen molar-refractivity contribution in [3.63, 3.8) is 0 Å². The summed E-state index contributed by atoms with van der Waals surface area (Å²) in [7, 11) is 0. The predicted octanol–water partition coefficient (Wildman–Crippen LogP) is 10.8. The molecule has 0 saturated carbocycles. The molecule has 1 aliphatic rings. The van der Waals surface area contributed by atoms with E-state index in [1.165, 1.54) is 99.4 Å². The summed E-state index contributed by atoms with van der Waals surface area (Å²) < 4.78 is 0. The molecule has 0 nitrogen and oxygen atoms in total. The molecule has 38 heavy (non-hydrogen) atoms. The third-order valence-corrected chi connectivity index (χ3v) is 8.28. The minimum absolute atomic E-state index is 1.29. The average Bonchev–Trinajstić information content (AvgIpc) is 3.18. The summed E-state index contributed by atoms with van der Waals surface area (Å²) >= 11 is 0. The van der Waals surface area contributed by atoms with Crippen molar-refractivity contribution in [3.05, 3.63) is 118 Å². The standard InChI is InChI=1S/C38H32/c1-21-10-12-30-33(20-21)35(28-18-24(4)15-25(5)19-28)37-31-9-7-8-29-26(6)11-13-32(36(29)31)38(37)34(30)27-16-22(2)14-23(3)17-27/h7-20H,1-6H3. The number of hydrogen-bond acceptors (Lipinski definition) is 0. The van der Waals surface area contributed by atoms with Crippen LogP contribution in [0.25, 0.3) is 66.1 Å². The lowest BCUT2D eigenvalue weighted by Crippen LogP contribution is -1.95. The van der Waals surface area contributed by atoms with Gasteiger partial charge in [-0.1, -0.05) is 113 Å². The van der Waals surface area contributed by atoms with Gasteiger partial charge >= 0.3 is 0 Å². The van der Waals surface area contributed by atoms with E-state index < -0.39 is 0 Å². The molecule has 1 aliphatic carbocycles. The van der Waals surface area contributed by atoms with Crippen LogP contribution in [0, 0.1) is 41.5 Å². The highest BCUT2D eigenvalue weighted by Crippen LogP contribution is 2.58. The molecule has 0 aromatic heterocycles. The Morgan fingerprint density at radius 3 is 1.53 bits per heavy atom. The molecule has 0 amide bonds. The molecule has 0 heteroatoms. The van der Waals surface area contributed by atoms with Crippen LogP contribution in [0.3, 0.4) is 0 Å². The molecule has 0 aliphatic heterocycles. The molecule has 0 unspecified atom stereocenters. The molecule has 0 saturated heterocycles. The molecular formula is C38H32. The van der Waals surface area contributed by atoms with Crippen LogP contribution in [-0.2, 0) is 0 Å². The maximum absolute atomic E-state index is 2.41. The van der Waals surface area contributed by atoms with Crippen LogP contribution in [0.15, 0.2) is 84.9 Å². The van der Waals surface area contributed by atoms with Gasteiger partial charge in [0.25, 0.3) is 0 Å². The molecule has 0 bridgehead atoms. The normalized spacial score (nSPS) is 11.9. The quantitative estimate of drug-likeness (QED) is 0.227. The van der Waals surface area contributed by atoms with Gasteiger partial charge in [0.05, 0.1) is 0 Å². The van der Waals surface area contributed by atoms with Crippen molar-refractivity contribution in [1.29, 1.82) is 0 Å². The van der Waals surface area contributed by atoms with Crippen LogP contribution in [0.4, 0.5) is 0 Å². The lowest BCUT2D eigenvalue weighted by molar-refractivity contribution is 1.38. The summed E-state index contributed by atoms with van der Waals surface area (Å²) in [5.74, 6) is 0. The Labute approximate surface area is 225 Å². The number of benzene rings is 6. The Bertz CT molecular complexity index is 1930. The molecule has 6 aromatic carbocycles. The van der Waals surface area contributed by atoms with E-state index in [9.17, 15) is 0 Å². The number of hydrogen-bond donors (Lipinski definition) is 0. The van der Waals surface area contributed by atoms with Crippen molar-refractivity contribution in [2.24, 2.45) is 0 Å². The number of rotatable bonds is 2. The largest absolute Gasteiger partial charge is 0.0610 e. The van der Waals surface area contributed by atoms with Crippen molar-refractivity contribution in [2.75, 3.05) is 0 Å². The molecular weight excluding hydrogens is 456 g/mol. The molecule has 6 aromatic rings. The SMILES string of the molecule is Cc1cc(C)cc(-c2c3c(c(-c4cc(C)cc(C)c4)c4cc(C)ccc24)-c2cccc4c(C)ccc-3c24)c1. The van der Waals surface area contributed by atoms with Gasteiger partial charge in [-0.25, -0.2) is 0 Å². The van der Waals surface area contributed by atoms with E-state index in [0.29, 0.717) is 0 Å². The van der Waals surface area contributed by atoms with Gasteiger partial charge < -0.3 is 0 Å². The first-order valence-electron chi connectivity index (χ1n) is 13.6. The minimum Gasteiger partial charge on any atom is -0.0610 e. The number of fused-ring (bicyclic) bond motifs is 4. The van der Waals surface area contributed by atoms with Gasteiger partial charge in [0.1, 0.15) is 0 Å². The van der Waals surface area contributed by atoms with E-state index in [0.717, 1.165) is 0 Å². The van der Waals surface area contributed by atoms with Gasteiger partial charge in [-0.3, -0.25) is 0 Å². The Kier molecular flexibility index (Phi) is 4.94. The van der Waals surface area contributed by atoms with E-state index in [4.69, 9.17) is 0 Å². The van der Waals surface area contributed by atoms with Crippen molar-refractivity contribution in [3.8, 4) is 44.5 Å². The van der Waals surface area contributed by atoms with Gasteiger partial charge in [-0.05, 0) is 113 Å². The maximum Gasteiger partial charge on any atom is -0.000741 e. The van der Waals surface area contributed by atoms with Crippen LogP contribution < -0.4 is 0 Å². The lowest BCUT2D eigenvalue weighted by Gasteiger charge is -2.22. The third-order valence-electron chi connectivity index (χ3n) is 8.28. The van der Waals surface area contributed by atoms with E-state index in [-0.39, 0.29) is 0 Å². The summed E-state index contributed by atoms with van der Waals surface area (Å²) in [5.41, 5.74) is 18.7. The molecule has 0 atom stereocenters. The van der Waals surface area contributed by atoms with Gasteiger partial charge in [0.15, 0.2) is 0 Å². The Hall–Kier alpha value is -4.16. The summed E-state index contributed by atoms with van der Waals surface area (Å²) in [6.45, 7) is 13.3. The van der Waals surface area contributed by atoms with Crippen molar-refractivity contribution < 1.29 is 0 Å². The van der Waals surface area contributed by atoms with E-state index >= 15 is 0 Å². The van der Waals surface area contributed by atoms with Crippen LogP contribution >= 0.6 is 0 Å². The zero-order valence-corrected chi connectivity index (χ0v) is 23.1. The van der Waals surface area contributed by atoms with Crippen LogP contribution in [0.1, 0.15) is 33.4 Å². The highest BCUT2D eigenvalue weighted by atomic mass is 14.3. The first-order valence-corrected chi connectivity index (χ1v) is 13.6. The van der Waals surface area contributed by atoms with Crippen LogP contribution in [-0.4, -0.2) is 0 Å². The molecule has 0 spiro atoms. The van der Waals surface area contributed by atoms with Crippen molar-refractivity contribution >= 4 is 21.5 Å². The zero-order valence-electron chi connectivity index (χ0n) is 23.1. The first-order chi connectivity index (χ1) is 18.3. The van der Waals surface area contributed by atoms with Crippen molar-refractivity contribution in [1.82, 2.24) is 0 Å². The summed E-state index contributed by atoms with van der Waals surface area (Å²) in [6, 6.07) is 32.6. The Morgan fingerprint density at radius 1 is 0.368 bits per heavy atom. The zero-order chi connectivity index (χ0) is 26.3. The predicted molar refractivity (Wildman–Crippen MR) is 165 cm³/mol. The highest BCUT2D eigenvalue weighted by molar-refractivity contribution is 6.27. The Morgan fingerprint density at radius 2 is 0.921 bits per heavy atom. The van der Waals surface area contributed by atoms with E-state index in [2.05, 4.69) is 126 Å². The van der Waals surface area contributed by atoms with Gasteiger partial charge in [0.2, 0.25) is 0 Å². The first kappa shape index (κ1) is 23.0. The van der Waals surface area contributed by atoms with Crippen molar-refractivity contribution in [2.45, 2.75) is 41.5 Å². The second-order valence-corrected chi connectivity index (χ2v) is 11.5. The topological polar surface area (TPSA) is 0 Å². The summed E-state index contributed by atoms with van der Waals surface area (Å²) in [4.78, 5) is 0. The fourth-order valence-electron chi connectivity index (χ4n) is 6.95. The minimum atomic E-state index is 1.29. The monoisotopic (exact) mass is 488 g/mol. The molecule has 184 valence electrons. The van der Waals surface area contributed by atoms with Gasteiger partial charge in [-0.2, -0.15) is 0 Å². The lowest BCUT2D eigenvalue weighted by atomic mass is 9.81.